The summed E-state index contributed by atoms with van der Waals surface area (Å²) in [5.41, 5.74) is 0. The lowest BCUT2D eigenvalue weighted by molar-refractivity contribution is -0.138. The fraction of sp³-hybridized carbons (Fsp3) is 0.889. The molecule has 1 rings (SSSR count). The summed E-state index contributed by atoms with van der Waals surface area (Å²) >= 11 is 0. The zero-order valence-corrected chi connectivity index (χ0v) is 14.2. The van der Waals surface area contributed by atoms with Crippen molar-refractivity contribution < 1.29 is 24.5 Å². The molecule has 1 fully saturated rings. The summed E-state index contributed by atoms with van der Waals surface area (Å²) in [7, 11) is 0. The Bertz CT molecular complexity index is 342. The highest BCUT2D eigenvalue weighted by Gasteiger charge is 2.36. The van der Waals surface area contributed by atoms with Gasteiger partial charge in [0.15, 0.2) is 0 Å². The molecule has 2 atom stereocenters. The van der Waals surface area contributed by atoms with Crippen molar-refractivity contribution in [3.05, 3.63) is 0 Å². The Labute approximate surface area is 139 Å². The Morgan fingerprint density at radius 2 is 0.957 bits per heavy atom. The number of aliphatic carboxylic acids is 2. The molecule has 0 bridgehead atoms. The lowest BCUT2D eigenvalue weighted by Gasteiger charge is -2.00. The Kier molecular flexibility index (Phi) is 10.7. The van der Waals surface area contributed by atoms with Gasteiger partial charge in [0.05, 0.1) is 12.2 Å². The van der Waals surface area contributed by atoms with Gasteiger partial charge >= 0.3 is 11.9 Å². The highest BCUT2D eigenvalue weighted by atomic mass is 16.6. The largest absolute Gasteiger partial charge is 0.481 e. The highest BCUT2D eigenvalue weighted by Crippen LogP contribution is 2.31. The van der Waals surface area contributed by atoms with Crippen molar-refractivity contribution in [2.24, 2.45) is 0 Å². The van der Waals surface area contributed by atoms with Gasteiger partial charge in [-0.1, -0.05) is 51.4 Å². The summed E-state index contributed by atoms with van der Waals surface area (Å²) in [6, 6.07) is 0. The number of carbonyl (C=O) groups is 2. The number of epoxide rings is 1. The SMILES string of the molecule is O=C(O)CCCCCCCCC1OC1CCCCCCC(=O)O. The first kappa shape index (κ1) is 19.9. The van der Waals surface area contributed by atoms with E-state index in [-0.39, 0.29) is 0 Å². The first-order valence-corrected chi connectivity index (χ1v) is 9.18. The molecule has 0 aliphatic carbocycles. The van der Waals surface area contributed by atoms with E-state index < -0.39 is 11.9 Å². The third kappa shape index (κ3) is 12.0. The number of unbranched alkanes of at least 4 members (excludes halogenated alkanes) is 8. The van der Waals surface area contributed by atoms with Crippen molar-refractivity contribution in [2.75, 3.05) is 0 Å². The number of hydrogen-bond donors (Lipinski definition) is 2. The third-order valence-corrected chi connectivity index (χ3v) is 4.45. The van der Waals surface area contributed by atoms with Crippen molar-refractivity contribution in [3.8, 4) is 0 Å². The van der Waals surface area contributed by atoms with Gasteiger partial charge < -0.3 is 14.9 Å². The van der Waals surface area contributed by atoms with Crippen LogP contribution in [0.4, 0.5) is 0 Å². The van der Waals surface area contributed by atoms with Gasteiger partial charge in [-0.2, -0.15) is 0 Å². The number of carboxylic acids is 2. The normalized spacial score (nSPS) is 19.7. The molecule has 134 valence electrons. The summed E-state index contributed by atoms with van der Waals surface area (Å²) in [6.45, 7) is 0. The molecule has 0 aromatic rings. The summed E-state index contributed by atoms with van der Waals surface area (Å²) in [5, 5.41) is 17.1. The van der Waals surface area contributed by atoms with Crippen LogP contribution in [-0.4, -0.2) is 34.4 Å². The minimum atomic E-state index is -0.697. The van der Waals surface area contributed by atoms with E-state index in [4.69, 9.17) is 14.9 Å². The predicted octanol–water partition coefficient (Wildman–Crippen LogP) is 4.38. The van der Waals surface area contributed by atoms with E-state index in [1.807, 2.05) is 0 Å². The molecule has 0 radical (unpaired) electrons. The van der Waals surface area contributed by atoms with Crippen LogP contribution in [0, 0.1) is 0 Å². The zero-order chi connectivity index (χ0) is 16.9. The fourth-order valence-electron chi connectivity index (χ4n) is 2.99. The van der Waals surface area contributed by atoms with E-state index in [1.165, 1.54) is 19.3 Å². The van der Waals surface area contributed by atoms with Crippen molar-refractivity contribution in [2.45, 2.75) is 102 Å². The van der Waals surface area contributed by atoms with Crippen LogP contribution in [0.5, 0.6) is 0 Å². The first-order valence-electron chi connectivity index (χ1n) is 9.18. The average molecular weight is 328 g/mol. The molecule has 5 heteroatoms. The van der Waals surface area contributed by atoms with E-state index in [9.17, 15) is 9.59 Å². The van der Waals surface area contributed by atoms with Crippen molar-refractivity contribution in [1.82, 2.24) is 0 Å². The Hall–Kier alpha value is -1.10. The maximum absolute atomic E-state index is 10.4. The molecule has 23 heavy (non-hydrogen) atoms. The molecule has 1 heterocycles. The molecular weight excluding hydrogens is 296 g/mol. The molecule has 2 N–H and O–H groups in total. The molecule has 0 aromatic heterocycles. The fourth-order valence-corrected chi connectivity index (χ4v) is 2.99. The summed E-state index contributed by atoms with van der Waals surface area (Å²) in [5.74, 6) is -1.39. The topological polar surface area (TPSA) is 87.1 Å². The average Bonchev–Trinajstić information content (AvgIpc) is 3.23. The molecule has 1 aliphatic rings. The van der Waals surface area contributed by atoms with Gasteiger partial charge in [0.2, 0.25) is 0 Å². The minimum absolute atomic E-state index is 0.291. The second-order valence-corrected chi connectivity index (χ2v) is 6.61. The van der Waals surface area contributed by atoms with Crippen LogP contribution in [-0.2, 0) is 14.3 Å². The quantitative estimate of drug-likeness (QED) is 0.324. The van der Waals surface area contributed by atoms with E-state index in [2.05, 4.69) is 0 Å². The van der Waals surface area contributed by atoms with Crippen molar-refractivity contribution in [1.29, 1.82) is 0 Å². The van der Waals surface area contributed by atoms with Crippen LogP contribution in [0.15, 0.2) is 0 Å². The standard InChI is InChI=1S/C18H32O5/c19-17(20)13-9-4-2-1-3-7-11-15-16(23-15)12-8-5-6-10-14-18(21)22/h15-16H,1-14H2,(H,19,20)(H,21,22). The van der Waals surface area contributed by atoms with Crippen LogP contribution in [0.25, 0.3) is 0 Å². The van der Waals surface area contributed by atoms with Crippen LogP contribution >= 0.6 is 0 Å². The Balaban J connectivity index is 1.77. The van der Waals surface area contributed by atoms with Gasteiger partial charge in [-0.3, -0.25) is 9.59 Å². The van der Waals surface area contributed by atoms with E-state index in [0.29, 0.717) is 25.0 Å². The monoisotopic (exact) mass is 328 g/mol. The van der Waals surface area contributed by atoms with Crippen molar-refractivity contribution in [3.63, 3.8) is 0 Å². The number of ether oxygens (including phenoxy) is 1. The first-order chi connectivity index (χ1) is 11.1. The molecule has 0 spiro atoms. The van der Waals surface area contributed by atoms with Gasteiger partial charge in [0.25, 0.3) is 0 Å². The molecule has 0 aromatic carbocycles. The van der Waals surface area contributed by atoms with E-state index in [0.717, 1.165) is 57.8 Å². The zero-order valence-electron chi connectivity index (χ0n) is 14.2. The lowest BCUT2D eigenvalue weighted by atomic mass is 10.0. The molecule has 1 aliphatic heterocycles. The Morgan fingerprint density at radius 3 is 1.35 bits per heavy atom. The second-order valence-electron chi connectivity index (χ2n) is 6.61. The highest BCUT2D eigenvalue weighted by molar-refractivity contribution is 5.66. The number of carboxylic acid groups (broad SMARTS) is 2. The second kappa shape index (κ2) is 12.3. The smallest absolute Gasteiger partial charge is 0.303 e. The number of rotatable bonds is 16. The van der Waals surface area contributed by atoms with E-state index >= 15 is 0 Å². The van der Waals surface area contributed by atoms with Crippen LogP contribution < -0.4 is 0 Å². The maximum atomic E-state index is 10.4. The van der Waals surface area contributed by atoms with Crippen LogP contribution in [0.2, 0.25) is 0 Å². The maximum Gasteiger partial charge on any atom is 0.303 e. The summed E-state index contributed by atoms with van der Waals surface area (Å²) < 4.78 is 5.67. The van der Waals surface area contributed by atoms with Crippen LogP contribution in [0.1, 0.15) is 89.9 Å². The van der Waals surface area contributed by atoms with E-state index in [1.54, 1.807) is 0 Å². The molecule has 0 saturated carbocycles. The minimum Gasteiger partial charge on any atom is -0.481 e. The molecule has 5 nitrogen and oxygen atoms in total. The van der Waals surface area contributed by atoms with Gasteiger partial charge in [0.1, 0.15) is 0 Å². The molecule has 1 saturated heterocycles. The van der Waals surface area contributed by atoms with Gasteiger partial charge in [-0.25, -0.2) is 0 Å². The lowest BCUT2D eigenvalue weighted by Crippen LogP contribution is -1.96. The van der Waals surface area contributed by atoms with Gasteiger partial charge in [-0.15, -0.1) is 0 Å². The van der Waals surface area contributed by atoms with Gasteiger partial charge in [0, 0.05) is 12.8 Å². The third-order valence-electron chi connectivity index (χ3n) is 4.45. The van der Waals surface area contributed by atoms with Crippen molar-refractivity contribution >= 4 is 11.9 Å². The Morgan fingerprint density at radius 1 is 0.609 bits per heavy atom. The molecule has 0 amide bonds. The van der Waals surface area contributed by atoms with Crippen LogP contribution in [0.3, 0.4) is 0 Å². The predicted molar refractivity (Wildman–Crippen MR) is 88.6 cm³/mol. The molecule has 2 unspecified atom stereocenters. The van der Waals surface area contributed by atoms with Gasteiger partial charge in [-0.05, 0) is 25.7 Å². The number of hydrogen-bond acceptors (Lipinski definition) is 3. The summed E-state index contributed by atoms with van der Waals surface area (Å²) in [6.07, 6.45) is 14.4. The summed E-state index contributed by atoms with van der Waals surface area (Å²) in [4.78, 5) is 20.7. The molecular formula is C18H32O5.